The summed E-state index contributed by atoms with van der Waals surface area (Å²) in [6.07, 6.45) is 1.69. The largest absolute Gasteiger partial charge is 0.345 e. The van der Waals surface area contributed by atoms with Gasteiger partial charge in [-0.15, -0.1) is 0 Å². The lowest BCUT2D eigenvalue weighted by Gasteiger charge is -2.17. The molecular weight excluding hydrogens is 300 g/mol. The molecule has 5 nitrogen and oxygen atoms in total. The quantitative estimate of drug-likeness (QED) is 0.804. The predicted octanol–water partition coefficient (Wildman–Crippen LogP) is 3.38. The Bertz CT molecular complexity index is 927. The number of nitrogens with one attached hydrogen (secondary N) is 1. The highest BCUT2D eigenvalue weighted by molar-refractivity contribution is 6.05. The van der Waals surface area contributed by atoms with E-state index < -0.39 is 0 Å². The normalized spacial score (nSPS) is 12.4. The Kier molecular flexibility index (Phi) is 4.09. The first-order valence-electron chi connectivity index (χ1n) is 8.04. The van der Waals surface area contributed by atoms with Gasteiger partial charge in [-0.25, -0.2) is 4.98 Å². The first-order valence-corrected chi connectivity index (χ1v) is 8.04. The van der Waals surface area contributed by atoms with Gasteiger partial charge >= 0.3 is 0 Å². The van der Waals surface area contributed by atoms with Crippen molar-refractivity contribution in [1.82, 2.24) is 20.1 Å². The SMILES string of the molecule is Cc1ccc(C(C)NC(=O)c2cc(C)nc3c2cnn3C)c(C)c1. The van der Waals surface area contributed by atoms with Crippen LogP contribution in [0.15, 0.2) is 30.5 Å². The highest BCUT2D eigenvalue weighted by atomic mass is 16.1. The number of amides is 1. The standard InChI is InChI=1S/C19H22N4O/c1-11-6-7-15(12(2)8-11)14(4)22-19(24)16-9-13(3)21-18-17(16)10-20-23(18)5/h6-10,14H,1-5H3,(H,22,24). The number of carbonyl (C=O) groups excluding carboxylic acids is 1. The van der Waals surface area contributed by atoms with Crippen LogP contribution in [-0.2, 0) is 7.05 Å². The molecule has 1 N–H and O–H groups in total. The molecule has 0 saturated carbocycles. The van der Waals surface area contributed by atoms with Gasteiger partial charge in [-0.3, -0.25) is 9.48 Å². The van der Waals surface area contributed by atoms with E-state index in [1.54, 1.807) is 10.9 Å². The first-order chi connectivity index (χ1) is 11.4. The van der Waals surface area contributed by atoms with Gasteiger partial charge in [-0.05, 0) is 44.9 Å². The summed E-state index contributed by atoms with van der Waals surface area (Å²) in [5.41, 5.74) is 5.66. The summed E-state index contributed by atoms with van der Waals surface area (Å²) in [7, 11) is 1.83. The van der Waals surface area contributed by atoms with Crippen LogP contribution in [-0.4, -0.2) is 20.7 Å². The van der Waals surface area contributed by atoms with Gasteiger partial charge in [0, 0.05) is 12.7 Å². The van der Waals surface area contributed by atoms with Gasteiger partial charge in [-0.1, -0.05) is 23.8 Å². The molecule has 2 heterocycles. The molecule has 3 rings (SSSR count). The Morgan fingerprint density at radius 1 is 1.21 bits per heavy atom. The number of rotatable bonds is 3. The van der Waals surface area contributed by atoms with Gasteiger partial charge in [-0.2, -0.15) is 5.10 Å². The fourth-order valence-electron chi connectivity index (χ4n) is 3.09. The Balaban J connectivity index is 1.92. The fraction of sp³-hybridized carbons (Fsp3) is 0.316. The molecule has 0 aliphatic carbocycles. The number of hydrogen-bond acceptors (Lipinski definition) is 3. The monoisotopic (exact) mass is 322 g/mol. The van der Waals surface area contributed by atoms with Crippen molar-refractivity contribution in [2.45, 2.75) is 33.7 Å². The maximum absolute atomic E-state index is 12.8. The van der Waals surface area contributed by atoms with Crippen molar-refractivity contribution in [3.8, 4) is 0 Å². The number of aromatic nitrogens is 3. The van der Waals surface area contributed by atoms with E-state index in [-0.39, 0.29) is 11.9 Å². The summed E-state index contributed by atoms with van der Waals surface area (Å²) in [6.45, 7) is 8.03. The second kappa shape index (κ2) is 6.07. The number of pyridine rings is 1. The van der Waals surface area contributed by atoms with E-state index in [0.717, 1.165) is 22.3 Å². The van der Waals surface area contributed by atoms with Gasteiger partial charge in [0.2, 0.25) is 0 Å². The van der Waals surface area contributed by atoms with Crippen LogP contribution in [0.3, 0.4) is 0 Å². The molecule has 2 aromatic heterocycles. The Morgan fingerprint density at radius 2 is 1.96 bits per heavy atom. The maximum Gasteiger partial charge on any atom is 0.252 e. The van der Waals surface area contributed by atoms with Crippen molar-refractivity contribution in [3.05, 3.63) is 58.4 Å². The lowest BCUT2D eigenvalue weighted by molar-refractivity contribution is 0.0941. The van der Waals surface area contributed by atoms with Crippen LogP contribution in [0, 0.1) is 20.8 Å². The van der Waals surface area contributed by atoms with E-state index in [1.165, 1.54) is 11.1 Å². The summed E-state index contributed by atoms with van der Waals surface area (Å²) >= 11 is 0. The van der Waals surface area contributed by atoms with Crippen molar-refractivity contribution < 1.29 is 4.79 Å². The van der Waals surface area contributed by atoms with Crippen molar-refractivity contribution >= 4 is 16.9 Å². The number of nitrogens with zero attached hydrogens (tertiary/aromatic N) is 3. The number of aryl methyl sites for hydroxylation is 4. The molecule has 0 fully saturated rings. The fourth-order valence-corrected chi connectivity index (χ4v) is 3.09. The zero-order chi connectivity index (χ0) is 17.4. The van der Waals surface area contributed by atoms with Crippen molar-refractivity contribution in [1.29, 1.82) is 0 Å². The molecule has 1 atom stereocenters. The smallest absolute Gasteiger partial charge is 0.252 e. The maximum atomic E-state index is 12.8. The molecule has 0 saturated heterocycles. The molecule has 0 bridgehead atoms. The van der Waals surface area contributed by atoms with Crippen LogP contribution in [0.25, 0.3) is 11.0 Å². The van der Waals surface area contributed by atoms with E-state index in [2.05, 4.69) is 47.4 Å². The van der Waals surface area contributed by atoms with Gasteiger partial charge in [0.15, 0.2) is 5.65 Å². The summed E-state index contributed by atoms with van der Waals surface area (Å²) in [4.78, 5) is 17.3. The molecule has 0 aliphatic rings. The van der Waals surface area contributed by atoms with Gasteiger partial charge in [0.25, 0.3) is 5.91 Å². The molecule has 5 heteroatoms. The Hall–Kier alpha value is -2.69. The van der Waals surface area contributed by atoms with Crippen LogP contribution >= 0.6 is 0 Å². The molecule has 24 heavy (non-hydrogen) atoms. The van der Waals surface area contributed by atoms with Crippen LogP contribution in [0.4, 0.5) is 0 Å². The highest BCUT2D eigenvalue weighted by Gasteiger charge is 2.18. The number of fused-ring (bicyclic) bond motifs is 1. The van der Waals surface area contributed by atoms with Gasteiger partial charge in [0.1, 0.15) is 0 Å². The summed E-state index contributed by atoms with van der Waals surface area (Å²) in [5, 5.41) is 8.08. The van der Waals surface area contributed by atoms with Crippen molar-refractivity contribution in [2.24, 2.45) is 7.05 Å². The molecule has 0 radical (unpaired) electrons. The topological polar surface area (TPSA) is 59.8 Å². The molecule has 1 aromatic carbocycles. The van der Waals surface area contributed by atoms with Crippen LogP contribution < -0.4 is 5.32 Å². The third-order valence-electron chi connectivity index (χ3n) is 4.32. The van der Waals surface area contributed by atoms with Crippen LogP contribution in [0.1, 0.15) is 45.7 Å². The van der Waals surface area contributed by atoms with Gasteiger partial charge < -0.3 is 5.32 Å². The average Bonchev–Trinajstić information content (AvgIpc) is 2.87. The molecule has 124 valence electrons. The zero-order valence-corrected chi connectivity index (χ0v) is 14.7. The molecule has 1 unspecified atom stereocenters. The Morgan fingerprint density at radius 3 is 2.67 bits per heavy atom. The molecule has 3 aromatic rings. The summed E-state index contributed by atoms with van der Waals surface area (Å²) in [5.74, 6) is -0.106. The van der Waals surface area contributed by atoms with Crippen LogP contribution in [0.2, 0.25) is 0 Å². The number of benzene rings is 1. The van der Waals surface area contributed by atoms with E-state index in [9.17, 15) is 4.79 Å². The van der Waals surface area contributed by atoms with Crippen LogP contribution in [0.5, 0.6) is 0 Å². The third kappa shape index (κ3) is 2.89. The van der Waals surface area contributed by atoms with Gasteiger partial charge in [0.05, 0.1) is 23.2 Å². The summed E-state index contributed by atoms with van der Waals surface area (Å²) in [6, 6.07) is 8.02. The van der Waals surface area contributed by atoms with Crippen molar-refractivity contribution in [3.63, 3.8) is 0 Å². The minimum atomic E-state index is -0.106. The molecule has 0 spiro atoms. The Labute approximate surface area is 141 Å². The molecule has 0 aliphatic heterocycles. The lowest BCUT2D eigenvalue weighted by atomic mass is 10.00. The lowest BCUT2D eigenvalue weighted by Crippen LogP contribution is -2.27. The molecule has 1 amide bonds. The number of hydrogen-bond donors (Lipinski definition) is 1. The zero-order valence-electron chi connectivity index (χ0n) is 14.7. The second-order valence-electron chi connectivity index (χ2n) is 6.37. The average molecular weight is 322 g/mol. The third-order valence-corrected chi connectivity index (χ3v) is 4.32. The van der Waals surface area contributed by atoms with Crippen molar-refractivity contribution in [2.75, 3.05) is 0 Å². The number of carbonyl (C=O) groups is 1. The summed E-state index contributed by atoms with van der Waals surface area (Å²) < 4.78 is 1.69. The minimum absolute atomic E-state index is 0.0710. The minimum Gasteiger partial charge on any atom is -0.345 e. The van der Waals surface area contributed by atoms with E-state index in [1.807, 2.05) is 27.0 Å². The van der Waals surface area contributed by atoms with E-state index in [0.29, 0.717) is 5.56 Å². The predicted molar refractivity (Wildman–Crippen MR) is 95.0 cm³/mol. The first kappa shape index (κ1) is 16.2. The van der Waals surface area contributed by atoms with E-state index in [4.69, 9.17) is 0 Å². The highest BCUT2D eigenvalue weighted by Crippen LogP contribution is 2.21. The van der Waals surface area contributed by atoms with E-state index >= 15 is 0 Å². The molecular formula is C19H22N4O. The second-order valence-corrected chi connectivity index (χ2v) is 6.37.